The maximum Gasteiger partial charge on any atom is 0.227 e. The normalized spacial score (nSPS) is 20.3. The first-order valence-electron chi connectivity index (χ1n) is 11.2. The molecule has 0 aliphatic carbocycles. The summed E-state index contributed by atoms with van der Waals surface area (Å²) in [6.45, 7) is 14.0. The van der Waals surface area contributed by atoms with Crippen LogP contribution in [0, 0.1) is 20.8 Å². The van der Waals surface area contributed by atoms with Gasteiger partial charge in [-0.1, -0.05) is 19.1 Å². The van der Waals surface area contributed by atoms with E-state index in [0.717, 1.165) is 50.2 Å². The Kier molecular flexibility index (Phi) is 5.93. The molecule has 2 saturated heterocycles. The minimum atomic E-state index is 0.583. The van der Waals surface area contributed by atoms with Crippen LogP contribution < -0.4 is 14.7 Å². The Morgan fingerprint density at radius 2 is 1.69 bits per heavy atom. The van der Waals surface area contributed by atoms with E-state index in [1.54, 1.807) is 0 Å². The molecule has 2 fully saturated rings. The van der Waals surface area contributed by atoms with Crippen molar-refractivity contribution in [2.24, 2.45) is 0 Å². The van der Waals surface area contributed by atoms with Crippen LogP contribution in [-0.2, 0) is 0 Å². The number of piperazine rings is 1. The summed E-state index contributed by atoms with van der Waals surface area (Å²) in [5.74, 6) is 2.03. The lowest BCUT2D eigenvalue weighted by Crippen LogP contribution is -2.47. The number of anilines is 3. The van der Waals surface area contributed by atoms with Crippen molar-refractivity contribution in [3.8, 4) is 0 Å². The van der Waals surface area contributed by atoms with Crippen molar-refractivity contribution < 1.29 is 0 Å². The molecule has 0 N–H and O–H groups in total. The van der Waals surface area contributed by atoms with Gasteiger partial charge in [-0.15, -0.1) is 0 Å². The van der Waals surface area contributed by atoms with Gasteiger partial charge in [-0.05, 0) is 63.6 Å². The van der Waals surface area contributed by atoms with Crippen molar-refractivity contribution in [3.63, 3.8) is 0 Å². The number of hydrogen-bond donors (Lipinski definition) is 0. The summed E-state index contributed by atoms with van der Waals surface area (Å²) in [6.07, 6.45) is 5.00. The SMILES string of the molecule is CCC1CCCCN1c1nc(C)cc(N2CCN(c3cccc(C)c3C)CC2)n1. The van der Waals surface area contributed by atoms with Gasteiger partial charge >= 0.3 is 0 Å². The molecule has 2 aromatic rings. The number of aromatic nitrogens is 2. The predicted molar refractivity (Wildman–Crippen MR) is 122 cm³/mol. The highest BCUT2D eigenvalue weighted by Gasteiger charge is 2.25. The minimum absolute atomic E-state index is 0.583. The number of piperidine rings is 1. The zero-order valence-electron chi connectivity index (χ0n) is 18.5. The fraction of sp³-hybridized carbons (Fsp3) is 0.583. The van der Waals surface area contributed by atoms with Crippen molar-refractivity contribution >= 4 is 17.5 Å². The number of benzene rings is 1. The van der Waals surface area contributed by atoms with E-state index in [9.17, 15) is 0 Å². The van der Waals surface area contributed by atoms with Gasteiger partial charge in [0.25, 0.3) is 0 Å². The van der Waals surface area contributed by atoms with Crippen molar-refractivity contribution in [1.82, 2.24) is 9.97 Å². The lowest BCUT2D eigenvalue weighted by Gasteiger charge is -2.39. The van der Waals surface area contributed by atoms with E-state index in [0.29, 0.717) is 6.04 Å². The molecule has 3 heterocycles. The molecule has 1 aromatic carbocycles. The summed E-state index contributed by atoms with van der Waals surface area (Å²) >= 11 is 0. The van der Waals surface area contributed by atoms with Crippen LogP contribution in [0.25, 0.3) is 0 Å². The van der Waals surface area contributed by atoms with Crippen LogP contribution in [0.4, 0.5) is 17.5 Å². The second-order valence-corrected chi connectivity index (χ2v) is 8.61. The van der Waals surface area contributed by atoms with Crippen molar-refractivity contribution in [2.75, 3.05) is 47.4 Å². The van der Waals surface area contributed by atoms with Gasteiger partial charge in [-0.3, -0.25) is 0 Å². The van der Waals surface area contributed by atoms with Gasteiger partial charge in [0.15, 0.2) is 0 Å². The van der Waals surface area contributed by atoms with E-state index in [-0.39, 0.29) is 0 Å². The standard InChI is InChI=1S/C24H35N5/c1-5-21-10-6-7-12-29(21)24-25-19(3)17-23(26-24)28-15-13-27(14-16-28)22-11-8-9-18(2)20(22)4/h8-9,11,17,21H,5-7,10,12-16H2,1-4H3. The van der Waals surface area contributed by atoms with Crippen LogP contribution in [0.15, 0.2) is 24.3 Å². The van der Waals surface area contributed by atoms with Gasteiger partial charge in [0.05, 0.1) is 0 Å². The fourth-order valence-electron chi connectivity index (χ4n) is 4.77. The summed E-state index contributed by atoms with van der Waals surface area (Å²) in [5.41, 5.74) is 5.22. The van der Waals surface area contributed by atoms with Crippen LogP contribution in [0.5, 0.6) is 0 Å². The maximum atomic E-state index is 5.03. The molecule has 5 nitrogen and oxygen atoms in total. The Morgan fingerprint density at radius 3 is 2.45 bits per heavy atom. The minimum Gasteiger partial charge on any atom is -0.368 e. The third kappa shape index (κ3) is 4.19. The molecule has 0 saturated carbocycles. The third-order valence-electron chi connectivity index (χ3n) is 6.70. The molecule has 1 atom stereocenters. The molecule has 2 aliphatic rings. The van der Waals surface area contributed by atoms with E-state index in [2.05, 4.69) is 66.7 Å². The molecular weight excluding hydrogens is 358 g/mol. The van der Waals surface area contributed by atoms with Crippen molar-refractivity contribution in [2.45, 2.75) is 59.4 Å². The second kappa shape index (κ2) is 8.60. The smallest absolute Gasteiger partial charge is 0.227 e. The van der Waals surface area contributed by atoms with Gasteiger partial charge < -0.3 is 14.7 Å². The van der Waals surface area contributed by atoms with Crippen LogP contribution in [0.1, 0.15) is 49.4 Å². The lowest BCUT2D eigenvalue weighted by atomic mass is 10.0. The zero-order chi connectivity index (χ0) is 20.4. The van der Waals surface area contributed by atoms with E-state index in [1.165, 1.54) is 42.5 Å². The lowest BCUT2D eigenvalue weighted by molar-refractivity contribution is 0.443. The molecule has 1 aromatic heterocycles. The highest BCUT2D eigenvalue weighted by Crippen LogP contribution is 2.28. The zero-order valence-corrected chi connectivity index (χ0v) is 18.5. The largest absolute Gasteiger partial charge is 0.368 e. The molecular formula is C24H35N5. The first kappa shape index (κ1) is 20.0. The number of nitrogens with zero attached hydrogens (tertiary/aromatic N) is 5. The highest BCUT2D eigenvalue weighted by molar-refractivity contribution is 5.57. The van der Waals surface area contributed by atoms with E-state index in [1.807, 2.05) is 0 Å². The van der Waals surface area contributed by atoms with Gasteiger partial charge in [-0.2, -0.15) is 4.98 Å². The summed E-state index contributed by atoms with van der Waals surface area (Å²) in [4.78, 5) is 17.2. The Labute approximate surface area is 175 Å². The van der Waals surface area contributed by atoms with Gasteiger partial charge in [0.2, 0.25) is 5.95 Å². The summed E-state index contributed by atoms with van der Waals surface area (Å²) in [7, 11) is 0. The average Bonchev–Trinajstić information content (AvgIpc) is 2.75. The molecule has 156 valence electrons. The first-order chi connectivity index (χ1) is 14.1. The third-order valence-corrected chi connectivity index (χ3v) is 6.70. The van der Waals surface area contributed by atoms with Gasteiger partial charge in [0, 0.05) is 56.2 Å². The van der Waals surface area contributed by atoms with Gasteiger partial charge in [0.1, 0.15) is 5.82 Å². The molecule has 0 spiro atoms. The first-order valence-corrected chi connectivity index (χ1v) is 11.2. The molecule has 5 heteroatoms. The molecule has 1 unspecified atom stereocenters. The summed E-state index contributed by atoms with van der Waals surface area (Å²) in [6, 6.07) is 9.37. The van der Waals surface area contributed by atoms with Crippen LogP contribution in [-0.4, -0.2) is 48.7 Å². The Bertz CT molecular complexity index is 841. The summed E-state index contributed by atoms with van der Waals surface area (Å²) < 4.78 is 0. The van der Waals surface area contributed by atoms with Gasteiger partial charge in [-0.25, -0.2) is 4.98 Å². The van der Waals surface area contributed by atoms with Crippen LogP contribution >= 0.6 is 0 Å². The average molecular weight is 394 g/mol. The van der Waals surface area contributed by atoms with Crippen LogP contribution in [0.3, 0.4) is 0 Å². The Morgan fingerprint density at radius 1 is 0.931 bits per heavy atom. The molecule has 29 heavy (non-hydrogen) atoms. The topological polar surface area (TPSA) is 35.5 Å². The monoisotopic (exact) mass is 393 g/mol. The molecule has 0 radical (unpaired) electrons. The highest BCUT2D eigenvalue weighted by atomic mass is 15.3. The number of rotatable bonds is 4. The van der Waals surface area contributed by atoms with E-state index < -0.39 is 0 Å². The number of aryl methyl sites for hydroxylation is 2. The van der Waals surface area contributed by atoms with E-state index in [4.69, 9.17) is 9.97 Å². The quantitative estimate of drug-likeness (QED) is 0.764. The summed E-state index contributed by atoms with van der Waals surface area (Å²) in [5, 5.41) is 0. The molecule has 0 bridgehead atoms. The molecule has 0 amide bonds. The maximum absolute atomic E-state index is 5.03. The molecule has 2 aliphatic heterocycles. The Hall–Kier alpha value is -2.30. The Balaban J connectivity index is 1.50. The molecule has 4 rings (SSSR count). The second-order valence-electron chi connectivity index (χ2n) is 8.61. The number of hydrogen-bond acceptors (Lipinski definition) is 5. The fourth-order valence-corrected chi connectivity index (χ4v) is 4.77. The van der Waals surface area contributed by atoms with Crippen molar-refractivity contribution in [3.05, 3.63) is 41.1 Å². The van der Waals surface area contributed by atoms with Crippen LogP contribution in [0.2, 0.25) is 0 Å². The predicted octanol–water partition coefficient (Wildman–Crippen LogP) is 4.50. The van der Waals surface area contributed by atoms with E-state index >= 15 is 0 Å². The van der Waals surface area contributed by atoms with Crippen molar-refractivity contribution in [1.29, 1.82) is 0 Å².